The molecule has 0 rings (SSSR count). The van der Waals surface area contributed by atoms with Gasteiger partial charge in [-0.25, -0.2) is 9.13 Å². The molecule has 19 heteroatoms. The first-order chi connectivity index (χ1) is 51.0. The van der Waals surface area contributed by atoms with Gasteiger partial charge in [-0.1, -0.05) is 413 Å². The standard InChI is InChI=1S/C86H168O17P2/c1-6-9-12-15-18-21-24-27-29-31-33-35-37-39-42-45-51-56-61-66-71-85(90)102-81(75-97-84(89)70-65-60-55-50-44-41-38-36-34-32-30-28-25-22-19-16-13-10-7-2)77-100-104(92,93)98-73-80(87)74-99-105(94,95)101-78-82(103-86(91)72-67-62-57-52-47-46-48-53-58-63-68-79(4)5)76-96-83(88)69-64-59-54-49-43-40-26-23-20-17-14-11-8-3/h79-82,87H,6-78H2,1-5H3,(H,92,93)(H,94,95)/t80-,81-,82-/m1/s1. The third-order valence-electron chi connectivity index (χ3n) is 20.3. The summed E-state index contributed by atoms with van der Waals surface area (Å²) in [7, 11) is -9.93. The van der Waals surface area contributed by atoms with Gasteiger partial charge in [-0.05, 0) is 31.6 Å². The second-order valence-electron chi connectivity index (χ2n) is 31.4. The Hall–Kier alpha value is -1.94. The lowest BCUT2D eigenvalue weighted by Gasteiger charge is -2.21. The molecule has 0 saturated carbocycles. The third kappa shape index (κ3) is 79.9. The molecule has 0 aliphatic heterocycles. The summed E-state index contributed by atoms with van der Waals surface area (Å²) in [5.74, 6) is -1.35. The van der Waals surface area contributed by atoms with Gasteiger partial charge in [0.15, 0.2) is 12.2 Å². The van der Waals surface area contributed by atoms with E-state index < -0.39 is 97.5 Å². The molecule has 0 heterocycles. The van der Waals surface area contributed by atoms with E-state index in [1.54, 1.807) is 0 Å². The molecule has 5 atom stereocenters. The molecule has 0 amide bonds. The molecule has 3 N–H and O–H groups in total. The van der Waals surface area contributed by atoms with Crippen molar-refractivity contribution in [2.24, 2.45) is 5.92 Å². The Morgan fingerprint density at radius 2 is 0.438 bits per heavy atom. The van der Waals surface area contributed by atoms with Crippen molar-refractivity contribution in [2.45, 2.75) is 483 Å². The summed E-state index contributed by atoms with van der Waals surface area (Å²) in [6, 6.07) is 0. The van der Waals surface area contributed by atoms with Crippen LogP contribution in [0.3, 0.4) is 0 Å². The van der Waals surface area contributed by atoms with Crippen molar-refractivity contribution >= 4 is 39.5 Å². The molecule has 0 saturated heterocycles. The lowest BCUT2D eigenvalue weighted by atomic mass is 10.0. The highest BCUT2D eigenvalue weighted by molar-refractivity contribution is 7.47. The fourth-order valence-corrected chi connectivity index (χ4v) is 15.1. The highest BCUT2D eigenvalue weighted by Gasteiger charge is 2.30. The van der Waals surface area contributed by atoms with Crippen LogP contribution in [-0.4, -0.2) is 96.7 Å². The van der Waals surface area contributed by atoms with E-state index in [1.165, 1.54) is 289 Å². The summed E-state index contributed by atoms with van der Waals surface area (Å²) in [6.45, 7) is 7.36. The monoisotopic (exact) mass is 1540 g/mol. The Labute approximate surface area is 645 Å². The van der Waals surface area contributed by atoms with Crippen molar-refractivity contribution < 1.29 is 80.2 Å². The maximum atomic E-state index is 13.2. The number of esters is 4. The average molecular weight is 1540 g/mol. The van der Waals surface area contributed by atoms with Gasteiger partial charge in [0.05, 0.1) is 26.4 Å². The lowest BCUT2D eigenvalue weighted by Crippen LogP contribution is -2.30. The molecular weight excluding hydrogens is 1370 g/mol. The summed E-state index contributed by atoms with van der Waals surface area (Å²) in [4.78, 5) is 73.2. The SMILES string of the molecule is CCCCCCCCCCCCCCCCCCCCCCC(=O)O[C@H](COC(=O)CCCCCCCCCCCCCCCCCCCCC)COP(=O)(O)OC[C@@H](O)COP(=O)(O)OC[C@@H](COC(=O)CCCCCCCCCCCCCCC)OC(=O)CCCCCCCCCCCCC(C)C. The predicted octanol–water partition coefficient (Wildman–Crippen LogP) is 26.4. The van der Waals surface area contributed by atoms with E-state index in [-0.39, 0.29) is 25.7 Å². The number of hydrogen-bond acceptors (Lipinski definition) is 15. The van der Waals surface area contributed by atoms with Crippen molar-refractivity contribution in [1.82, 2.24) is 0 Å². The largest absolute Gasteiger partial charge is 0.472 e. The number of unbranched alkanes of at least 4 members (excludes halogenated alkanes) is 58. The molecule has 0 fully saturated rings. The van der Waals surface area contributed by atoms with Gasteiger partial charge < -0.3 is 33.8 Å². The molecule has 0 radical (unpaired) electrons. The summed E-state index contributed by atoms with van der Waals surface area (Å²) in [5, 5.41) is 10.7. The Kier molecular flexibility index (Phi) is 77.3. The second-order valence-corrected chi connectivity index (χ2v) is 34.3. The summed E-state index contributed by atoms with van der Waals surface area (Å²) < 4.78 is 68.9. The number of hydrogen-bond donors (Lipinski definition) is 3. The molecule has 0 aromatic carbocycles. The van der Waals surface area contributed by atoms with Gasteiger partial charge in [-0.3, -0.25) is 37.3 Å². The fraction of sp³-hybridized carbons (Fsp3) is 0.953. The Balaban J connectivity index is 5.24. The number of carbonyl (C=O) groups excluding carboxylic acids is 4. The van der Waals surface area contributed by atoms with E-state index in [2.05, 4.69) is 34.6 Å². The minimum absolute atomic E-state index is 0.107. The second kappa shape index (κ2) is 78.7. The van der Waals surface area contributed by atoms with Gasteiger partial charge in [0.25, 0.3) is 0 Å². The number of carbonyl (C=O) groups is 4. The van der Waals surface area contributed by atoms with Gasteiger partial charge in [0, 0.05) is 25.7 Å². The van der Waals surface area contributed by atoms with E-state index in [0.717, 1.165) is 95.8 Å². The molecule has 624 valence electrons. The third-order valence-corrected chi connectivity index (χ3v) is 22.2. The van der Waals surface area contributed by atoms with Gasteiger partial charge in [-0.2, -0.15) is 0 Å². The van der Waals surface area contributed by atoms with Gasteiger partial charge >= 0.3 is 39.5 Å². The minimum atomic E-state index is -4.97. The predicted molar refractivity (Wildman–Crippen MR) is 432 cm³/mol. The lowest BCUT2D eigenvalue weighted by molar-refractivity contribution is -0.161. The summed E-state index contributed by atoms with van der Waals surface area (Å²) >= 11 is 0. The molecule has 0 aliphatic rings. The zero-order chi connectivity index (χ0) is 76.9. The van der Waals surface area contributed by atoms with Crippen LogP contribution in [0, 0.1) is 5.92 Å². The number of phosphoric acid groups is 2. The highest BCUT2D eigenvalue weighted by Crippen LogP contribution is 2.45. The first kappa shape index (κ1) is 103. The van der Waals surface area contributed by atoms with Crippen LogP contribution in [0.15, 0.2) is 0 Å². The van der Waals surface area contributed by atoms with Gasteiger partial charge in [0.2, 0.25) is 0 Å². The summed E-state index contributed by atoms with van der Waals surface area (Å²) in [5.41, 5.74) is 0. The van der Waals surface area contributed by atoms with Crippen molar-refractivity contribution in [1.29, 1.82) is 0 Å². The molecule has 105 heavy (non-hydrogen) atoms. The molecule has 0 aromatic rings. The zero-order valence-electron chi connectivity index (χ0n) is 68.9. The van der Waals surface area contributed by atoms with Crippen LogP contribution < -0.4 is 0 Å². The molecule has 0 aliphatic carbocycles. The maximum Gasteiger partial charge on any atom is 0.472 e. The van der Waals surface area contributed by atoms with E-state index in [1.807, 2.05) is 0 Å². The number of aliphatic hydroxyl groups is 1. The average Bonchev–Trinajstić information content (AvgIpc) is 0.907. The van der Waals surface area contributed by atoms with E-state index in [9.17, 15) is 43.2 Å². The molecule has 2 unspecified atom stereocenters. The van der Waals surface area contributed by atoms with E-state index in [0.29, 0.717) is 25.7 Å². The topological polar surface area (TPSA) is 237 Å². The highest BCUT2D eigenvalue weighted by atomic mass is 31.2. The normalized spacial score (nSPS) is 13.8. The van der Waals surface area contributed by atoms with Crippen molar-refractivity contribution in [3.8, 4) is 0 Å². The van der Waals surface area contributed by atoms with Crippen LogP contribution in [0.1, 0.15) is 465 Å². The van der Waals surface area contributed by atoms with Crippen molar-refractivity contribution in [2.75, 3.05) is 39.6 Å². The van der Waals surface area contributed by atoms with Crippen molar-refractivity contribution in [3.63, 3.8) is 0 Å². The quantitative estimate of drug-likeness (QED) is 0.0222. The number of ether oxygens (including phenoxy) is 4. The van der Waals surface area contributed by atoms with Crippen LogP contribution in [-0.2, 0) is 65.4 Å². The molecule has 0 bridgehead atoms. The number of phosphoric ester groups is 2. The van der Waals surface area contributed by atoms with Crippen LogP contribution in [0.4, 0.5) is 0 Å². The van der Waals surface area contributed by atoms with Crippen LogP contribution >= 0.6 is 15.6 Å². The zero-order valence-corrected chi connectivity index (χ0v) is 70.7. The molecule has 17 nitrogen and oxygen atoms in total. The van der Waals surface area contributed by atoms with E-state index >= 15 is 0 Å². The number of rotatable bonds is 86. The number of aliphatic hydroxyl groups excluding tert-OH is 1. The van der Waals surface area contributed by atoms with Crippen molar-refractivity contribution in [3.05, 3.63) is 0 Å². The van der Waals surface area contributed by atoms with Crippen LogP contribution in [0.5, 0.6) is 0 Å². The first-order valence-corrected chi connectivity index (χ1v) is 47.6. The van der Waals surface area contributed by atoms with E-state index in [4.69, 9.17) is 37.0 Å². The first-order valence-electron chi connectivity index (χ1n) is 44.6. The molecule has 0 spiro atoms. The molecular formula is C86H168O17P2. The Morgan fingerprint density at radius 3 is 0.648 bits per heavy atom. The van der Waals surface area contributed by atoms with Crippen LogP contribution in [0.2, 0.25) is 0 Å². The fourth-order valence-electron chi connectivity index (χ4n) is 13.5. The van der Waals surface area contributed by atoms with Gasteiger partial charge in [-0.15, -0.1) is 0 Å². The van der Waals surface area contributed by atoms with Crippen LogP contribution in [0.25, 0.3) is 0 Å². The molecule has 0 aromatic heterocycles. The Morgan fingerprint density at radius 1 is 0.257 bits per heavy atom. The Bertz CT molecular complexity index is 2000. The van der Waals surface area contributed by atoms with Gasteiger partial charge in [0.1, 0.15) is 19.3 Å². The minimum Gasteiger partial charge on any atom is -0.462 e. The smallest absolute Gasteiger partial charge is 0.462 e. The summed E-state index contributed by atoms with van der Waals surface area (Å²) in [6.07, 6.45) is 72.2. The maximum absolute atomic E-state index is 13.2.